The maximum atomic E-state index is 12.0. The molecule has 0 radical (unpaired) electrons. The number of amides is 1. The van der Waals surface area contributed by atoms with Crippen LogP contribution in [0.1, 0.15) is 28.3 Å². The van der Waals surface area contributed by atoms with Gasteiger partial charge in [0.1, 0.15) is 5.82 Å². The van der Waals surface area contributed by atoms with Gasteiger partial charge in [0.2, 0.25) is 0 Å². The van der Waals surface area contributed by atoms with Crippen LogP contribution in [0.15, 0.2) is 48.7 Å². The lowest BCUT2D eigenvalue weighted by molar-refractivity contribution is 0.0950. The van der Waals surface area contributed by atoms with Crippen molar-refractivity contribution in [1.82, 2.24) is 10.3 Å². The van der Waals surface area contributed by atoms with Crippen LogP contribution in [-0.2, 0) is 0 Å². The SMILES string of the molecule is Nc1ccc(C(=O)NC2CC2c2ccccc2)cn1. The van der Waals surface area contributed by atoms with Gasteiger partial charge in [-0.3, -0.25) is 4.79 Å². The molecule has 4 nitrogen and oxygen atoms in total. The number of pyridine rings is 1. The van der Waals surface area contributed by atoms with Crippen molar-refractivity contribution in [2.45, 2.75) is 18.4 Å². The Morgan fingerprint density at radius 1 is 1.21 bits per heavy atom. The number of aromatic nitrogens is 1. The van der Waals surface area contributed by atoms with Crippen LogP contribution in [0.2, 0.25) is 0 Å². The maximum absolute atomic E-state index is 12.0. The van der Waals surface area contributed by atoms with E-state index in [9.17, 15) is 4.79 Å². The molecule has 2 unspecified atom stereocenters. The van der Waals surface area contributed by atoms with E-state index in [-0.39, 0.29) is 11.9 Å². The van der Waals surface area contributed by atoms with Crippen molar-refractivity contribution in [1.29, 1.82) is 0 Å². The van der Waals surface area contributed by atoms with E-state index in [2.05, 4.69) is 22.4 Å². The van der Waals surface area contributed by atoms with Gasteiger partial charge < -0.3 is 11.1 Å². The molecule has 1 aromatic carbocycles. The third-order valence-electron chi connectivity index (χ3n) is 3.38. The van der Waals surface area contributed by atoms with Crippen molar-refractivity contribution in [2.24, 2.45) is 0 Å². The van der Waals surface area contributed by atoms with Gasteiger partial charge in [-0.15, -0.1) is 0 Å². The van der Waals surface area contributed by atoms with Crippen molar-refractivity contribution in [3.63, 3.8) is 0 Å². The van der Waals surface area contributed by atoms with E-state index in [1.54, 1.807) is 12.1 Å². The first kappa shape index (κ1) is 11.7. The Morgan fingerprint density at radius 3 is 2.68 bits per heavy atom. The normalized spacial score (nSPS) is 20.8. The third kappa shape index (κ3) is 2.57. The third-order valence-corrected chi connectivity index (χ3v) is 3.38. The number of anilines is 1. The molecular formula is C15H15N3O. The van der Waals surface area contributed by atoms with Gasteiger partial charge in [0.05, 0.1) is 5.56 Å². The lowest BCUT2D eigenvalue weighted by Crippen LogP contribution is -2.26. The molecule has 0 spiro atoms. The molecule has 1 heterocycles. The number of nitrogen functional groups attached to an aromatic ring is 1. The van der Waals surface area contributed by atoms with Gasteiger partial charge in [-0.05, 0) is 24.1 Å². The fourth-order valence-corrected chi connectivity index (χ4v) is 2.21. The number of nitrogens with zero attached hydrogens (tertiary/aromatic N) is 1. The monoisotopic (exact) mass is 253 g/mol. The summed E-state index contributed by atoms with van der Waals surface area (Å²) in [5, 5.41) is 3.02. The van der Waals surface area contributed by atoms with Gasteiger partial charge in [-0.25, -0.2) is 4.98 Å². The summed E-state index contributed by atoms with van der Waals surface area (Å²) in [6.45, 7) is 0. The van der Waals surface area contributed by atoms with Crippen molar-refractivity contribution >= 4 is 11.7 Å². The first-order valence-electron chi connectivity index (χ1n) is 6.31. The van der Waals surface area contributed by atoms with Gasteiger partial charge in [-0.1, -0.05) is 30.3 Å². The van der Waals surface area contributed by atoms with Gasteiger partial charge in [-0.2, -0.15) is 0 Å². The highest BCUT2D eigenvalue weighted by Gasteiger charge is 2.39. The molecular weight excluding hydrogens is 238 g/mol. The molecule has 3 rings (SSSR count). The molecule has 19 heavy (non-hydrogen) atoms. The number of carbonyl (C=O) groups excluding carboxylic acids is 1. The first-order valence-corrected chi connectivity index (χ1v) is 6.31. The summed E-state index contributed by atoms with van der Waals surface area (Å²) in [4.78, 5) is 15.9. The van der Waals surface area contributed by atoms with Crippen molar-refractivity contribution in [3.05, 3.63) is 59.8 Å². The van der Waals surface area contributed by atoms with Crippen LogP contribution in [0.25, 0.3) is 0 Å². The summed E-state index contributed by atoms with van der Waals surface area (Å²) in [6.07, 6.45) is 2.50. The summed E-state index contributed by atoms with van der Waals surface area (Å²) < 4.78 is 0. The van der Waals surface area contributed by atoms with E-state index in [0.29, 0.717) is 17.3 Å². The average molecular weight is 253 g/mol. The van der Waals surface area contributed by atoms with E-state index in [1.165, 1.54) is 11.8 Å². The minimum Gasteiger partial charge on any atom is -0.384 e. The van der Waals surface area contributed by atoms with Crippen LogP contribution in [0.4, 0.5) is 5.82 Å². The van der Waals surface area contributed by atoms with Crippen LogP contribution in [0.5, 0.6) is 0 Å². The molecule has 2 atom stereocenters. The summed E-state index contributed by atoms with van der Waals surface area (Å²) >= 11 is 0. The Labute approximate surface area is 111 Å². The molecule has 1 aromatic heterocycles. The zero-order chi connectivity index (χ0) is 13.2. The van der Waals surface area contributed by atoms with Crippen LogP contribution in [-0.4, -0.2) is 16.9 Å². The molecule has 2 aromatic rings. The van der Waals surface area contributed by atoms with E-state index >= 15 is 0 Å². The van der Waals surface area contributed by atoms with Crippen LogP contribution >= 0.6 is 0 Å². The second-order valence-electron chi connectivity index (χ2n) is 4.80. The average Bonchev–Trinajstić information content (AvgIpc) is 3.20. The molecule has 1 amide bonds. The zero-order valence-corrected chi connectivity index (χ0v) is 10.4. The van der Waals surface area contributed by atoms with Gasteiger partial charge in [0.15, 0.2) is 0 Å². The second kappa shape index (κ2) is 4.72. The summed E-state index contributed by atoms with van der Waals surface area (Å²) in [5.74, 6) is 0.771. The molecule has 1 aliphatic rings. The fourth-order valence-electron chi connectivity index (χ4n) is 2.21. The Morgan fingerprint density at radius 2 is 2.00 bits per heavy atom. The van der Waals surface area contributed by atoms with E-state index in [4.69, 9.17) is 5.73 Å². The number of nitrogens with one attached hydrogen (secondary N) is 1. The van der Waals surface area contributed by atoms with E-state index < -0.39 is 0 Å². The van der Waals surface area contributed by atoms with E-state index in [1.807, 2.05) is 18.2 Å². The first-order chi connectivity index (χ1) is 9.24. The molecule has 4 heteroatoms. The summed E-state index contributed by atoms with van der Waals surface area (Å²) in [5.41, 5.74) is 7.33. The largest absolute Gasteiger partial charge is 0.384 e. The molecule has 1 aliphatic carbocycles. The molecule has 3 N–H and O–H groups in total. The van der Waals surface area contributed by atoms with Gasteiger partial charge in [0.25, 0.3) is 5.91 Å². The maximum Gasteiger partial charge on any atom is 0.253 e. The van der Waals surface area contributed by atoms with Crippen molar-refractivity contribution in [3.8, 4) is 0 Å². The Bertz CT molecular complexity index is 580. The highest BCUT2D eigenvalue weighted by Crippen LogP contribution is 2.40. The molecule has 0 aliphatic heterocycles. The summed E-state index contributed by atoms with van der Waals surface area (Å²) in [6, 6.07) is 13.8. The van der Waals surface area contributed by atoms with Crippen LogP contribution < -0.4 is 11.1 Å². The summed E-state index contributed by atoms with van der Waals surface area (Å²) in [7, 11) is 0. The van der Waals surface area contributed by atoms with Gasteiger partial charge >= 0.3 is 0 Å². The number of benzene rings is 1. The van der Waals surface area contributed by atoms with Crippen LogP contribution in [0.3, 0.4) is 0 Å². The zero-order valence-electron chi connectivity index (χ0n) is 10.4. The standard InChI is InChI=1S/C15H15N3O/c16-14-7-6-11(9-17-14)15(19)18-13-8-12(13)10-4-2-1-3-5-10/h1-7,9,12-13H,8H2,(H2,16,17)(H,18,19). The van der Waals surface area contributed by atoms with Crippen LogP contribution in [0, 0.1) is 0 Å². The Balaban J connectivity index is 1.62. The molecule has 1 saturated carbocycles. The Hall–Kier alpha value is -2.36. The minimum atomic E-state index is -0.0871. The highest BCUT2D eigenvalue weighted by molar-refractivity contribution is 5.94. The second-order valence-corrected chi connectivity index (χ2v) is 4.80. The predicted molar refractivity (Wildman–Crippen MR) is 73.7 cm³/mol. The topological polar surface area (TPSA) is 68.0 Å². The quantitative estimate of drug-likeness (QED) is 0.878. The van der Waals surface area contributed by atoms with E-state index in [0.717, 1.165) is 6.42 Å². The minimum absolute atomic E-state index is 0.0871. The number of carbonyl (C=O) groups is 1. The number of nitrogens with two attached hydrogens (primary N) is 1. The van der Waals surface area contributed by atoms with Gasteiger partial charge in [0, 0.05) is 18.2 Å². The Kier molecular flexibility index (Phi) is 2.91. The molecule has 96 valence electrons. The fraction of sp³-hybridized carbons (Fsp3) is 0.200. The highest BCUT2D eigenvalue weighted by atomic mass is 16.1. The molecule has 0 saturated heterocycles. The lowest BCUT2D eigenvalue weighted by Gasteiger charge is -2.05. The molecule has 0 bridgehead atoms. The number of hydrogen-bond acceptors (Lipinski definition) is 3. The predicted octanol–water partition coefficient (Wildman–Crippen LogP) is 1.95. The number of hydrogen-bond donors (Lipinski definition) is 2. The van der Waals surface area contributed by atoms with Crippen molar-refractivity contribution < 1.29 is 4.79 Å². The molecule has 1 fully saturated rings. The van der Waals surface area contributed by atoms with Crippen molar-refractivity contribution in [2.75, 3.05) is 5.73 Å². The number of rotatable bonds is 3. The lowest BCUT2D eigenvalue weighted by atomic mass is 10.1. The smallest absolute Gasteiger partial charge is 0.253 e.